The summed E-state index contributed by atoms with van der Waals surface area (Å²) in [4.78, 5) is 4.43. The predicted octanol–water partition coefficient (Wildman–Crippen LogP) is 2.13. The Bertz CT molecular complexity index is 245. The Balaban J connectivity index is 2.40. The second kappa shape index (κ2) is 2.19. The largest absolute Gasteiger partial charge is 0.282 e. The van der Waals surface area contributed by atoms with E-state index in [4.69, 9.17) is 0 Å². The minimum absolute atomic E-state index is 0.0104. The molecule has 56 valence electrons. The first-order valence-corrected chi connectivity index (χ1v) is 3.89. The molecule has 1 aliphatic heterocycles. The Labute approximate surface area is 66.8 Å². The fraction of sp³-hybridized carbons (Fsp3) is 0.300. The van der Waals surface area contributed by atoms with Crippen LogP contribution < -0.4 is 0 Å². The van der Waals surface area contributed by atoms with Crippen molar-refractivity contribution in [3.8, 4) is 0 Å². The molecule has 11 heavy (non-hydrogen) atoms. The van der Waals surface area contributed by atoms with Gasteiger partial charge in [-0.05, 0) is 13.0 Å². The average molecular weight is 145 g/mol. The SMILES string of the molecule is CC12C=CC=CC1C=CC=N2. The molecule has 2 atom stereocenters. The van der Waals surface area contributed by atoms with Crippen LogP contribution in [0.2, 0.25) is 0 Å². The van der Waals surface area contributed by atoms with E-state index in [0.717, 1.165) is 0 Å². The molecule has 0 amide bonds. The molecule has 1 nitrogen and oxygen atoms in total. The molecule has 1 heteroatoms. The molecule has 0 spiro atoms. The van der Waals surface area contributed by atoms with Crippen molar-refractivity contribution in [2.45, 2.75) is 12.5 Å². The van der Waals surface area contributed by atoms with Gasteiger partial charge in [-0.2, -0.15) is 0 Å². The summed E-state index contributed by atoms with van der Waals surface area (Å²) in [5, 5.41) is 0. The third kappa shape index (κ3) is 0.967. The van der Waals surface area contributed by atoms with E-state index < -0.39 is 0 Å². The molecule has 2 rings (SSSR count). The van der Waals surface area contributed by atoms with Gasteiger partial charge in [0.15, 0.2) is 0 Å². The van der Waals surface area contributed by atoms with E-state index in [1.807, 2.05) is 12.3 Å². The maximum atomic E-state index is 4.43. The van der Waals surface area contributed by atoms with Crippen LogP contribution in [0.25, 0.3) is 0 Å². The van der Waals surface area contributed by atoms with Gasteiger partial charge in [-0.1, -0.05) is 30.4 Å². The first kappa shape index (κ1) is 6.59. The average Bonchev–Trinajstić information content (AvgIpc) is 2.03. The van der Waals surface area contributed by atoms with E-state index >= 15 is 0 Å². The van der Waals surface area contributed by atoms with Crippen molar-refractivity contribution in [2.24, 2.45) is 10.9 Å². The molecule has 1 aliphatic carbocycles. The number of allylic oxidation sites excluding steroid dienone is 3. The molecule has 0 radical (unpaired) electrons. The van der Waals surface area contributed by atoms with Gasteiger partial charge in [0.05, 0.1) is 5.54 Å². The lowest BCUT2D eigenvalue weighted by Crippen LogP contribution is -2.31. The summed E-state index contributed by atoms with van der Waals surface area (Å²) in [5.41, 5.74) is -0.0104. The molecule has 0 fully saturated rings. The van der Waals surface area contributed by atoms with Crippen molar-refractivity contribution in [1.82, 2.24) is 0 Å². The van der Waals surface area contributed by atoms with Crippen molar-refractivity contribution >= 4 is 6.21 Å². The summed E-state index contributed by atoms with van der Waals surface area (Å²) in [5.74, 6) is 0.456. The minimum Gasteiger partial charge on any atom is -0.282 e. The monoisotopic (exact) mass is 145 g/mol. The Hall–Kier alpha value is -1.11. The highest BCUT2D eigenvalue weighted by Crippen LogP contribution is 2.30. The quantitative estimate of drug-likeness (QED) is 0.495. The highest BCUT2D eigenvalue weighted by Gasteiger charge is 2.29. The first-order valence-electron chi connectivity index (χ1n) is 3.89. The summed E-state index contributed by atoms with van der Waals surface area (Å²) >= 11 is 0. The Morgan fingerprint density at radius 3 is 2.82 bits per heavy atom. The van der Waals surface area contributed by atoms with E-state index in [1.54, 1.807) is 0 Å². The highest BCUT2D eigenvalue weighted by molar-refractivity contribution is 5.73. The van der Waals surface area contributed by atoms with Crippen LogP contribution in [0.1, 0.15) is 6.92 Å². The number of aliphatic imine (C=N–C) groups is 1. The molecular weight excluding hydrogens is 134 g/mol. The van der Waals surface area contributed by atoms with E-state index in [0.29, 0.717) is 5.92 Å². The fourth-order valence-corrected chi connectivity index (χ4v) is 1.50. The lowest BCUT2D eigenvalue weighted by Gasteiger charge is -2.31. The Kier molecular flexibility index (Phi) is 1.31. The van der Waals surface area contributed by atoms with Crippen LogP contribution >= 0.6 is 0 Å². The van der Waals surface area contributed by atoms with Crippen LogP contribution in [-0.4, -0.2) is 11.8 Å². The van der Waals surface area contributed by atoms with Gasteiger partial charge < -0.3 is 0 Å². The lowest BCUT2D eigenvalue weighted by atomic mass is 9.81. The van der Waals surface area contributed by atoms with Crippen LogP contribution in [-0.2, 0) is 0 Å². The Morgan fingerprint density at radius 2 is 2.00 bits per heavy atom. The van der Waals surface area contributed by atoms with Gasteiger partial charge in [0.2, 0.25) is 0 Å². The van der Waals surface area contributed by atoms with Gasteiger partial charge >= 0.3 is 0 Å². The van der Waals surface area contributed by atoms with Gasteiger partial charge in [0, 0.05) is 12.1 Å². The zero-order valence-electron chi connectivity index (χ0n) is 6.57. The van der Waals surface area contributed by atoms with Gasteiger partial charge in [0.25, 0.3) is 0 Å². The van der Waals surface area contributed by atoms with Crippen molar-refractivity contribution in [3.63, 3.8) is 0 Å². The van der Waals surface area contributed by atoms with Gasteiger partial charge in [0.1, 0.15) is 0 Å². The van der Waals surface area contributed by atoms with Crippen molar-refractivity contribution in [3.05, 3.63) is 36.5 Å². The lowest BCUT2D eigenvalue weighted by molar-refractivity contribution is 0.495. The van der Waals surface area contributed by atoms with Crippen LogP contribution in [0.3, 0.4) is 0 Å². The zero-order valence-corrected chi connectivity index (χ0v) is 6.57. The van der Waals surface area contributed by atoms with Crippen LogP contribution in [0.4, 0.5) is 0 Å². The van der Waals surface area contributed by atoms with Gasteiger partial charge in [-0.3, -0.25) is 4.99 Å². The number of hydrogen-bond donors (Lipinski definition) is 0. The van der Waals surface area contributed by atoms with Gasteiger partial charge in [-0.15, -0.1) is 0 Å². The second-order valence-corrected chi connectivity index (χ2v) is 3.16. The van der Waals surface area contributed by atoms with Crippen LogP contribution in [0.5, 0.6) is 0 Å². The predicted molar refractivity (Wildman–Crippen MR) is 47.8 cm³/mol. The molecule has 2 aliphatic rings. The zero-order chi connectivity index (χ0) is 7.73. The van der Waals surface area contributed by atoms with Gasteiger partial charge in [-0.25, -0.2) is 0 Å². The smallest absolute Gasteiger partial charge is 0.0859 e. The molecule has 2 unspecified atom stereocenters. The Morgan fingerprint density at radius 1 is 1.18 bits per heavy atom. The van der Waals surface area contributed by atoms with Crippen molar-refractivity contribution < 1.29 is 0 Å². The van der Waals surface area contributed by atoms with Crippen molar-refractivity contribution in [2.75, 3.05) is 0 Å². The molecule has 0 N–H and O–H groups in total. The number of hydrogen-bond acceptors (Lipinski definition) is 1. The normalized spacial score (nSPS) is 39.2. The molecule has 0 saturated carbocycles. The number of rotatable bonds is 0. The molecule has 0 aromatic rings. The second-order valence-electron chi connectivity index (χ2n) is 3.16. The first-order chi connectivity index (χ1) is 5.31. The van der Waals surface area contributed by atoms with Crippen molar-refractivity contribution in [1.29, 1.82) is 0 Å². The molecule has 0 aromatic carbocycles. The molecule has 1 heterocycles. The molecule has 0 saturated heterocycles. The highest BCUT2D eigenvalue weighted by atomic mass is 14.9. The summed E-state index contributed by atoms with van der Waals surface area (Å²) in [6, 6.07) is 0. The fourth-order valence-electron chi connectivity index (χ4n) is 1.50. The maximum absolute atomic E-state index is 4.43. The van der Waals surface area contributed by atoms with Crippen LogP contribution in [0.15, 0.2) is 41.4 Å². The van der Waals surface area contributed by atoms with E-state index in [9.17, 15) is 0 Å². The minimum atomic E-state index is -0.0104. The number of fused-ring (bicyclic) bond motifs is 1. The van der Waals surface area contributed by atoms with E-state index in [1.165, 1.54) is 0 Å². The number of nitrogens with zero attached hydrogens (tertiary/aromatic N) is 1. The third-order valence-corrected chi connectivity index (χ3v) is 2.30. The molecule has 0 bridgehead atoms. The maximum Gasteiger partial charge on any atom is 0.0859 e. The topological polar surface area (TPSA) is 12.4 Å². The van der Waals surface area contributed by atoms with E-state index in [2.05, 4.69) is 42.3 Å². The summed E-state index contributed by atoms with van der Waals surface area (Å²) < 4.78 is 0. The summed E-state index contributed by atoms with van der Waals surface area (Å²) in [7, 11) is 0. The van der Waals surface area contributed by atoms with Crippen LogP contribution in [0, 0.1) is 5.92 Å². The summed E-state index contributed by atoms with van der Waals surface area (Å²) in [6.45, 7) is 2.15. The molecule has 0 aromatic heterocycles. The third-order valence-electron chi connectivity index (χ3n) is 2.30. The summed E-state index contributed by atoms with van der Waals surface area (Å²) in [6.07, 6.45) is 14.6. The standard InChI is InChI=1S/C10H11N/c1-10-7-3-2-5-9(10)6-4-8-11-10/h2-9H,1H3. The number of dihydropyridines is 1. The van der Waals surface area contributed by atoms with E-state index in [-0.39, 0.29) is 5.54 Å². The molecular formula is C10H11N.